The fraction of sp³-hybridized carbons (Fsp3) is 0.577. The van der Waals surface area contributed by atoms with Gasteiger partial charge in [0.1, 0.15) is 17.7 Å². The zero-order valence-electron chi connectivity index (χ0n) is 22.8. The van der Waals surface area contributed by atoms with Gasteiger partial charge in [0.25, 0.3) is 0 Å². The van der Waals surface area contributed by atoms with Crippen molar-refractivity contribution in [2.75, 3.05) is 20.2 Å². The van der Waals surface area contributed by atoms with Crippen molar-refractivity contribution in [2.24, 2.45) is 5.73 Å². The lowest BCUT2D eigenvalue weighted by molar-refractivity contribution is -0.144. The second-order valence-electron chi connectivity index (χ2n) is 9.76. The third-order valence-electron chi connectivity index (χ3n) is 5.31. The van der Waals surface area contributed by atoms with Crippen LogP contribution in [0.3, 0.4) is 0 Å². The summed E-state index contributed by atoms with van der Waals surface area (Å²) in [4.78, 5) is 63.6. The van der Waals surface area contributed by atoms with Gasteiger partial charge in [-0.2, -0.15) is 0 Å². The van der Waals surface area contributed by atoms with Gasteiger partial charge in [0.05, 0.1) is 13.0 Å². The monoisotopic (exact) mass is 520 g/mol. The summed E-state index contributed by atoms with van der Waals surface area (Å²) in [6.07, 6.45) is -1.12. The molecule has 1 aromatic rings. The molecule has 0 aliphatic rings. The second-order valence-corrected chi connectivity index (χ2v) is 9.76. The van der Waals surface area contributed by atoms with E-state index in [1.54, 1.807) is 33.8 Å². The molecule has 0 heterocycles. The van der Waals surface area contributed by atoms with Gasteiger partial charge in [-0.1, -0.05) is 23.8 Å². The maximum absolute atomic E-state index is 13.6. The second kappa shape index (κ2) is 14.2. The van der Waals surface area contributed by atoms with E-state index in [1.807, 2.05) is 26.0 Å². The molecule has 11 heteroatoms. The molecule has 4 N–H and O–H groups in total. The summed E-state index contributed by atoms with van der Waals surface area (Å²) in [5.74, 6) is -2.23. The molecule has 0 fully saturated rings. The smallest absolute Gasteiger partial charge is 0.408 e. The van der Waals surface area contributed by atoms with E-state index in [9.17, 15) is 24.0 Å². The van der Waals surface area contributed by atoms with Crippen LogP contribution in [0.2, 0.25) is 0 Å². The van der Waals surface area contributed by atoms with Gasteiger partial charge in [-0.05, 0) is 59.1 Å². The Bertz CT molecular complexity index is 988. The van der Waals surface area contributed by atoms with Crippen molar-refractivity contribution in [2.45, 2.75) is 78.5 Å². The van der Waals surface area contributed by atoms with Gasteiger partial charge in [0, 0.05) is 20.0 Å². The van der Waals surface area contributed by atoms with Gasteiger partial charge in [0.15, 0.2) is 0 Å². The molecule has 2 unspecified atom stereocenters. The number of hydrogen-bond acceptors (Lipinski definition) is 7. The average molecular weight is 521 g/mol. The van der Waals surface area contributed by atoms with Crippen molar-refractivity contribution in [1.29, 1.82) is 0 Å². The van der Waals surface area contributed by atoms with Crippen LogP contribution in [0.4, 0.5) is 4.79 Å². The number of amides is 4. The number of ether oxygens (including phenoxy) is 2. The van der Waals surface area contributed by atoms with Crippen LogP contribution in [0, 0.1) is 13.8 Å². The highest BCUT2D eigenvalue weighted by Crippen LogP contribution is 2.25. The van der Waals surface area contributed by atoms with Crippen LogP contribution in [0.25, 0.3) is 0 Å². The van der Waals surface area contributed by atoms with Crippen molar-refractivity contribution < 1.29 is 33.4 Å². The number of esters is 1. The molecule has 4 amide bonds. The number of carbonyl (C=O) groups excluding carboxylic acids is 5. The lowest BCUT2D eigenvalue weighted by atomic mass is 9.96. The average Bonchev–Trinajstić information content (AvgIpc) is 2.76. The molecule has 0 aliphatic carbocycles. The molecule has 0 spiro atoms. The number of benzene rings is 1. The summed E-state index contributed by atoms with van der Waals surface area (Å²) >= 11 is 0. The highest BCUT2D eigenvalue weighted by atomic mass is 16.6. The maximum Gasteiger partial charge on any atom is 0.408 e. The number of primary amides is 1. The van der Waals surface area contributed by atoms with Gasteiger partial charge in [-0.15, -0.1) is 0 Å². The Hall–Kier alpha value is -3.63. The topological polar surface area (TPSA) is 157 Å². The zero-order chi connectivity index (χ0) is 28.3. The summed E-state index contributed by atoms with van der Waals surface area (Å²) in [6.45, 7) is 10.7. The first kappa shape index (κ1) is 31.4. The Morgan fingerprint density at radius 1 is 1.08 bits per heavy atom. The normalized spacial score (nSPS) is 12.6. The predicted octanol–water partition coefficient (Wildman–Crippen LogP) is 2.03. The predicted molar refractivity (Wildman–Crippen MR) is 137 cm³/mol. The quantitative estimate of drug-likeness (QED) is 0.356. The first-order valence-corrected chi connectivity index (χ1v) is 12.2. The lowest BCUT2D eigenvalue weighted by Crippen LogP contribution is -2.52. The van der Waals surface area contributed by atoms with Crippen LogP contribution < -0.4 is 16.4 Å². The molecule has 0 bridgehead atoms. The van der Waals surface area contributed by atoms with Crippen LogP contribution in [0.15, 0.2) is 18.2 Å². The summed E-state index contributed by atoms with van der Waals surface area (Å²) < 4.78 is 10.2. The van der Waals surface area contributed by atoms with E-state index >= 15 is 0 Å². The lowest BCUT2D eigenvalue weighted by Gasteiger charge is -2.32. The van der Waals surface area contributed by atoms with Crippen LogP contribution in [0.1, 0.15) is 69.7 Å². The molecule has 11 nitrogen and oxygen atoms in total. The Morgan fingerprint density at radius 2 is 1.73 bits per heavy atom. The number of rotatable bonds is 12. The minimum Gasteiger partial charge on any atom is -0.466 e. The molecule has 206 valence electrons. The van der Waals surface area contributed by atoms with Gasteiger partial charge in [0.2, 0.25) is 17.7 Å². The minimum absolute atomic E-state index is 0.0162. The Morgan fingerprint density at radius 3 is 2.27 bits per heavy atom. The van der Waals surface area contributed by atoms with Crippen molar-refractivity contribution in [3.05, 3.63) is 34.9 Å². The van der Waals surface area contributed by atoms with Crippen molar-refractivity contribution in [1.82, 2.24) is 15.5 Å². The first-order chi connectivity index (χ1) is 17.2. The summed E-state index contributed by atoms with van der Waals surface area (Å²) in [5.41, 5.74) is 6.78. The van der Waals surface area contributed by atoms with E-state index in [0.717, 1.165) is 11.1 Å². The van der Waals surface area contributed by atoms with Crippen molar-refractivity contribution >= 4 is 29.8 Å². The summed E-state index contributed by atoms with van der Waals surface area (Å²) in [5, 5.41) is 5.19. The van der Waals surface area contributed by atoms with Crippen molar-refractivity contribution in [3.8, 4) is 0 Å². The largest absolute Gasteiger partial charge is 0.466 e. The summed E-state index contributed by atoms with van der Waals surface area (Å²) in [7, 11) is 1.44. The molecule has 0 saturated carbocycles. The van der Waals surface area contributed by atoms with Crippen LogP contribution >= 0.6 is 0 Å². The SMILES string of the molecule is CCOC(=O)CCNC(=O)C(c1ccc(C)cc1C)N(C)C(=O)C(CCC(N)=O)NC(=O)OC(C)(C)C. The molecule has 2 atom stereocenters. The first-order valence-electron chi connectivity index (χ1n) is 12.2. The van der Waals surface area contributed by atoms with Gasteiger partial charge >= 0.3 is 12.1 Å². The Kier molecular flexibility index (Phi) is 12.0. The van der Waals surface area contributed by atoms with Gasteiger partial charge < -0.3 is 30.7 Å². The molecule has 1 aromatic carbocycles. The van der Waals surface area contributed by atoms with Gasteiger partial charge in [-0.3, -0.25) is 19.2 Å². The van der Waals surface area contributed by atoms with E-state index in [0.29, 0.717) is 5.56 Å². The fourth-order valence-electron chi connectivity index (χ4n) is 3.64. The number of hydrogen-bond donors (Lipinski definition) is 3. The summed E-state index contributed by atoms with van der Waals surface area (Å²) in [6, 6.07) is 3.21. The number of nitrogens with zero attached hydrogens (tertiary/aromatic N) is 1. The highest BCUT2D eigenvalue weighted by molar-refractivity contribution is 5.92. The molecule has 0 aliphatic heterocycles. The van der Waals surface area contributed by atoms with E-state index < -0.39 is 47.5 Å². The molecular formula is C26H40N4O7. The standard InChI is InChI=1S/C26H40N4O7/c1-8-36-21(32)13-14-28-23(33)22(18-10-9-16(2)15-17(18)3)30(7)24(34)19(11-12-20(27)31)29-25(35)37-26(4,5)6/h9-10,15,19,22H,8,11-14H2,1-7H3,(H2,27,31)(H,28,33)(H,29,35). The van der Waals surface area contributed by atoms with Crippen LogP contribution in [-0.4, -0.2) is 66.5 Å². The molecule has 0 saturated heterocycles. The van der Waals surface area contributed by atoms with E-state index in [-0.39, 0.29) is 32.4 Å². The number of likely N-dealkylation sites (N-methyl/N-ethyl adjacent to an activating group) is 1. The van der Waals surface area contributed by atoms with E-state index in [2.05, 4.69) is 10.6 Å². The van der Waals surface area contributed by atoms with E-state index in [4.69, 9.17) is 15.2 Å². The number of carbonyl (C=O) groups is 5. The third kappa shape index (κ3) is 10.9. The van der Waals surface area contributed by atoms with Crippen molar-refractivity contribution in [3.63, 3.8) is 0 Å². The maximum atomic E-state index is 13.6. The van der Waals surface area contributed by atoms with E-state index in [1.165, 1.54) is 11.9 Å². The third-order valence-corrected chi connectivity index (χ3v) is 5.31. The number of nitrogens with two attached hydrogens (primary N) is 1. The molecular weight excluding hydrogens is 480 g/mol. The highest BCUT2D eigenvalue weighted by Gasteiger charge is 2.34. The molecule has 1 rings (SSSR count). The number of alkyl carbamates (subject to hydrolysis) is 1. The molecule has 0 aromatic heterocycles. The zero-order valence-corrected chi connectivity index (χ0v) is 22.8. The minimum atomic E-state index is -1.17. The Balaban J connectivity index is 3.26. The van der Waals surface area contributed by atoms with Crippen LogP contribution in [-0.2, 0) is 28.7 Å². The van der Waals surface area contributed by atoms with Crippen LogP contribution in [0.5, 0.6) is 0 Å². The number of aryl methyl sites for hydroxylation is 2. The molecule has 0 radical (unpaired) electrons. The fourth-order valence-corrected chi connectivity index (χ4v) is 3.64. The molecule has 37 heavy (non-hydrogen) atoms. The van der Waals surface area contributed by atoms with Gasteiger partial charge in [-0.25, -0.2) is 4.79 Å². The number of nitrogens with one attached hydrogen (secondary N) is 2. The Labute approximate surface area is 218 Å².